The summed E-state index contributed by atoms with van der Waals surface area (Å²) in [7, 11) is 1.56. The van der Waals surface area contributed by atoms with Crippen LogP contribution in [0.2, 0.25) is 0 Å². The largest absolute Gasteiger partial charge is 0.481 e. The molecule has 0 aromatic rings. The van der Waals surface area contributed by atoms with Crippen LogP contribution in [0, 0.1) is 17.3 Å². The number of nitrogens with one attached hydrogen (secondary N) is 1. The lowest BCUT2D eigenvalue weighted by Gasteiger charge is -2.27. The number of allylic oxidation sites excluding steroid dienone is 1. The van der Waals surface area contributed by atoms with Crippen molar-refractivity contribution in [3.05, 3.63) is 12.2 Å². The number of ether oxygens (including phenoxy) is 1. The standard InChI is InChI=1S/C17H30N2O4/c1-11-7-8-17(2,3)13(11)6-5-12(10-23-4)19-16(22)14(18)9-15(20)21/h5-6,11-14H,7-10,18H2,1-4H3,(H,19,22)(H,20,21)/t11?,12?,13?,14-/m0/s1. The lowest BCUT2D eigenvalue weighted by molar-refractivity contribution is -0.139. The highest BCUT2D eigenvalue weighted by atomic mass is 16.5. The summed E-state index contributed by atoms with van der Waals surface area (Å²) in [5.41, 5.74) is 5.84. The first-order valence-electron chi connectivity index (χ1n) is 8.12. The number of carboxylic acid groups (broad SMARTS) is 1. The molecule has 1 saturated carbocycles. The maximum absolute atomic E-state index is 12.0. The van der Waals surface area contributed by atoms with Crippen LogP contribution in [0.3, 0.4) is 0 Å². The van der Waals surface area contributed by atoms with Gasteiger partial charge in [0.1, 0.15) is 0 Å². The predicted molar refractivity (Wildman–Crippen MR) is 88.8 cm³/mol. The SMILES string of the molecule is COCC(C=CC1C(C)CCC1(C)C)NC(=O)[C@@H](N)CC(=O)O. The van der Waals surface area contributed by atoms with Crippen molar-refractivity contribution in [2.45, 2.75) is 52.1 Å². The maximum Gasteiger partial charge on any atom is 0.305 e. The summed E-state index contributed by atoms with van der Waals surface area (Å²) in [6, 6.07) is -1.36. The highest BCUT2D eigenvalue weighted by molar-refractivity contribution is 5.86. The van der Waals surface area contributed by atoms with Crippen molar-refractivity contribution >= 4 is 11.9 Å². The van der Waals surface area contributed by atoms with Gasteiger partial charge in [-0.15, -0.1) is 0 Å². The molecule has 0 aromatic carbocycles. The smallest absolute Gasteiger partial charge is 0.305 e. The van der Waals surface area contributed by atoms with E-state index in [0.717, 1.165) is 0 Å². The van der Waals surface area contributed by atoms with Crippen LogP contribution in [0.4, 0.5) is 0 Å². The fourth-order valence-corrected chi connectivity index (χ4v) is 3.32. The Morgan fingerprint density at radius 1 is 1.48 bits per heavy atom. The molecule has 1 fully saturated rings. The van der Waals surface area contributed by atoms with Gasteiger partial charge in [-0.2, -0.15) is 0 Å². The summed E-state index contributed by atoms with van der Waals surface area (Å²) in [6.07, 6.45) is 6.11. The van der Waals surface area contributed by atoms with Gasteiger partial charge in [0.2, 0.25) is 5.91 Å². The quantitative estimate of drug-likeness (QED) is 0.587. The summed E-state index contributed by atoms with van der Waals surface area (Å²) >= 11 is 0. The van der Waals surface area contributed by atoms with E-state index in [1.165, 1.54) is 12.8 Å². The van der Waals surface area contributed by atoms with Gasteiger partial charge in [0.25, 0.3) is 0 Å². The molecule has 0 heterocycles. The van der Waals surface area contributed by atoms with Crippen molar-refractivity contribution in [2.24, 2.45) is 23.0 Å². The first-order chi connectivity index (χ1) is 10.7. The predicted octanol–water partition coefficient (Wildman–Crippen LogP) is 1.55. The van der Waals surface area contributed by atoms with Crippen LogP contribution in [-0.4, -0.2) is 42.8 Å². The van der Waals surface area contributed by atoms with Crippen LogP contribution in [0.15, 0.2) is 12.2 Å². The number of amides is 1. The number of hydrogen-bond donors (Lipinski definition) is 3. The third-order valence-electron chi connectivity index (χ3n) is 4.72. The van der Waals surface area contributed by atoms with E-state index in [-0.39, 0.29) is 17.9 Å². The minimum Gasteiger partial charge on any atom is -0.481 e. The molecule has 1 aliphatic carbocycles. The topological polar surface area (TPSA) is 102 Å². The molecule has 6 heteroatoms. The molecule has 1 rings (SSSR count). The zero-order valence-electron chi connectivity index (χ0n) is 14.5. The normalized spacial score (nSPS) is 26.1. The van der Waals surface area contributed by atoms with Crippen LogP contribution >= 0.6 is 0 Å². The van der Waals surface area contributed by atoms with Gasteiger partial charge in [-0.1, -0.05) is 32.9 Å². The van der Waals surface area contributed by atoms with Gasteiger partial charge in [-0.3, -0.25) is 9.59 Å². The lowest BCUT2D eigenvalue weighted by Crippen LogP contribution is -2.47. The van der Waals surface area contributed by atoms with Crippen LogP contribution in [-0.2, 0) is 14.3 Å². The third-order valence-corrected chi connectivity index (χ3v) is 4.72. The van der Waals surface area contributed by atoms with Crippen molar-refractivity contribution in [1.29, 1.82) is 0 Å². The third kappa shape index (κ3) is 5.95. The number of nitrogens with two attached hydrogens (primary N) is 1. The second kappa shape index (κ2) is 8.45. The van der Waals surface area contributed by atoms with E-state index in [0.29, 0.717) is 18.4 Å². The van der Waals surface area contributed by atoms with E-state index in [1.54, 1.807) is 7.11 Å². The number of carbonyl (C=O) groups is 2. The Morgan fingerprint density at radius 2 is 2.13 bits per heavy atom. The van der Waals surface area contributed by atoms with Crippen LogP contribution in [0.5, 0.6) is 0 Å². The van der Waals surface area contributed by atoms with E-state index >= 15 is 0 Å². The van der Waals surface area contributed by atoms with Gasteiger partial charge < -0.3 is 20.9 Å². The molecule has 0 radical (unpaired) electrons. The number of carbonyl (C=O) groups excluding carboxylic acids is 1. The second-order valence-electron chi connectivity index (χ2n) is 7.19. The Labute approximate surface area is 138 Å². The highest BCUT2D eigenvalue weighted by Gasteiger charge is 2.37. The molecular formula is C17H30N2O4. The Morgan fingerprint density at radius 3 is 2.61 bits per heavy atom. The molecule has 3 unspecified atom stereocenters. The Kier molecular flexibility index (Phi) is 7.22. The molecule has 132 valence electrons. The molecule has 0 saturated heterocycles. The number of hydrogen-bond acceptors (Lipinski definition) is 4. The van der Waals surface area contributed by atoms with Crippen LogP contribution in [0.25, 0.3) is 0 Å². The minimum absolute atomic E-state index is 0.247. The van der Waals surface area contributed by atoms with Crippen molar-refractivity contribution < 1.29 is 19.4 Å². The van der Waals surface area contributed by atoms with E-state index in [1.807, 2.05) is 6.08 Å². The average molecular weight is 326 g/mol. The fraction of sp³-hybridized carbons (Fsp3) is 0.765. The first-order valence-corrected chi connectivity index (χ1v) is 8.12. The van der Waals surface area contributed by atoms with Crippen molar-refractivity contribution in [1.82, 2.24) is 5.32 Å². The summed E-state index contributed by atoms with van der Waals surface area (Å²) in [4.78, 5) is 22.6. The van der Waals surface area contributed by atoms with E-state index in [9.17, 15) is 9.59 Å². The molecule has 0 aliphatic heterocycles. The van der Waals surface area contributed by atoms with Crippen molar-refractivity contribution in [3.63, 3.8) is 0 Å². The van der Waals surface area contributed by atoms with Gasteiger partial charge in [-0.25, -0.2) is 0 Å². The second-order valence-corrected chi connectivity index (χ2v) is 7.19. The number of aliphatic carboxylic acids is 1. The van der Waals surface area contributed by atoms with Gasteiger partial charge in [0.05, 0.1) is 25.1 Å². The molecule has 1 amide bonds. The summed E-state index contributed by atoms with van der Waals surface area (Å²) in [5, 5.41) is 11.5. The molecule has 4 atom stereocenters. The first kappa shape index (κ1) is 19.6. The molecule has 6 nitrogen and oxygen atoms in total. The Balaban J connectivity index is 2.69. The molecule has 4 N–H and O–H groups in total. The fourth-order valence-electron chi connectivity index (χ4n) is 3.32. The highest BCUT2D eigenvalue weighted by Crippen LogP contribution is 2.46. The number of carboxylic acids is 1. The molecule has 23 heavy (non-hydrogen) atoms. The molecule has 0 bridgehead atoms. The van der Waals surface area contributed by atoms with Crippen molar-refractivity contribution in [2.75, 3.05) is 13.7 Å². The van der Waals surface area contributed by atoms with Crippen molar-refractivity contribution in [3.8, 4) is 0 Å². The van der Waals surface area contributed by atoms with Crippen LogP contribution in [0.1, 0.15) is 40.0 Å². The number of methoxy groups -OCH3 is 1. The van der Waals surface area contributed by atoms with Gasteiger partial charge in [0.15, 0.2) is 0 Å². The Hall–Kier alpha value is -1.40. The molecular weight excluding hydrogens is 296 g/mol. The van der Waals surface area contributed by atoms with E-state index in [2.05, 4.69) is 32.2 Å². The van der Waals surface area contributed by atoms with Gasteiger partial charge in [0, 0.05) is 7.11 Å². The monoisotopic (exact) mass is 326 g/mol. The summed E-state index contributed by atoms with van der Waals surface area (Å²) in [6.45, 7) is 7.09. The Bertz CT molecular complexity index is 448. The summed E-state index contributed by atoms with van der Waals surface area (Å²) in [5.74, 6) is -0.508. The van der Waals surface area contributed by atoms with Gasteiger partial charge in [-0.05, 0) is 30.1 Å². The average Bonchev–Trinajstić information content (AvgIpc) is 2.69. The zero-order chi connectivity index (χ0) is 17.6. The molecule has 1 aliphatic rings. The molecule has 0 aromatic heterocycles. The summed E-state index contributed by atoms with van der Waals surface area (Å²) < 4.78 is 5.14. The van der Waals surface area contributed by atoms with Gasteiger partial charge >= 0.3 is 5.97 Å². The minimum atomic E-state index is -1.09. The molecule has 0 spiro atoms. The van der Waals surface area contributed by atoms with E-state index < -0.39 is 17.9 Å². The number of rotatable bonds is 8. The lowest BCUT2D eigenvalue weighted by atomic mass is 9.79. The van der Waals surface area contributed by atoms with E-state index in [4.69, 9.17) is 15.6 Å². The van der Waals surface area contributed by atoms with Crippen LogP contribution < -0.4 is 11.1 Å². The zero-order valence-corrected chi connectivity index (χ0v) is 14.5. The maximum atomic E-state index is 12.0.